The maximum Gasteiger partial charge on any atom is 0.183 e. The van der Waals surface area contributed by atoms with Gasteiger partial charge in [-0.05, 0) is 12.1 Å². The summed E-state index contributed by atoms with van der Waals surface area (Å²) in [5, 5.41) is 1.09. The molecule has 2 aromatic heterocycles. The molecular formula is C11H8N2OS2. The molecule has 0 aliphatic carbocycles. The van der Waals surface area contributed by atoms with Crippen molar-refractivity contribution in [3.8, 4) is 0 Å². The number of benzene rings is 1. The Morgan fingerprint density at radius 3 is 2.88 bits per heavy atom. The van der Waals surface area contributed by atoms with Gasteiger partial charge in [-0.2, -0.15) is 0 Å². The van der Waals surface area contributed by atoms with E-state index in [0.717, 1.165) is 15.6 Å². The predicted molar refractivity (Wildman–Crippen MR) is 67.3 cm³/mol. The fraction of sp³-hybridized carbons (Fsp3) is 0.0909. The van der Waals surface area contributed by atoms with Crippen LogP contribution in [0.1, 0.15) is 0 Å². The van der Waals surface area contributed by atoms with E-state index in [9.17, 15) is 4.21 Å². The molecule has 3 aromatic rings. The van der Waals surface area contributed by atoms with Gasteiger partial charge in [-0.3, -0.25) is 4.21 Å². The van der Waals surface area contributed by atoms with E-state index >= 15 is 0 Å². The average molecular weight is 248 g/mol. The smallest absolute Gasteiger partial charge is 0.183 e. The summed E-state index contributed by atoms with van der Waals surface area (Å²) >= 11 is 1.45. The monoisotopic (exact) mass is 248 g/mol. The molecule has 1 aromatic carbocycles. The molecule has 0 amide bonds. The van der Waals surface area contributed by atoms with Crippen LogP contribution in [-0.4, -0.2) is 20.4 Å². The van der Waals surface area contributed by atoms with E-state index in [4.69, 9.17) is 0 Å². The lowest BCUT2D eigenvalue weighted by Gasteiger charge is -1.94. The van der Waals surface area contributed by atoms with Crippen molar-refractivity contribution in [1.82, 2.24) is 9.97 Å². The van der Waals surface area contributed by atoms with Gasteiger partial charge in [0.1, 0.15) is 0 Å². The molecule has 2 heterocycles. The second-order valence-electron chi connectivity index (χ2n) is 3.44. The van der Waals surface area contributed by atoms with Crippen LogP contribution in [-0.2, 0) is 10.8 Å². The van der Waals surface area contributed by atoms with Crippen molar-refractivity contribution in [2.75, 3.05) is 6.26 Å². The van der Waals surface area contributed by atoms with Crippen LogP contribution in [0.3, 0.4) is 0 Å². The molecule has 0 bridgehead atoms. The Morgan fingerprint density at radius 1 is 1.25 bits per heavy atom. The molecule has 1 unspecified atom stereocenters. The Morgan fingerprint density at radius 2 is 2.06 bits per heavy atom. The van der Waals surface area contributed by atoms with Crippen LogP contribution in [0.15, 0.2) is 34.7 Å². The molecule has 0 saturated carbocycles. The van der Waals surface area contributed by atoms with Crippen LogP contribution in [0.2, 0.25) is 0 Å². The van der Waals surface area contributed by atoms with Gasteiger partial charge in [-0.1, -0.05) is 18.2 Å². The van der Waals surface area contributed by atoms with Crippen LogP contribution in [0.25, 0.3) is 21.3 Å². The molecule has 0 saturated heterocycles. The molecule has 0 fully saturated rings. The molecule has 0 aliphatic rings. The van der Waals surface area contributed by atoms with Gasteiger partial charge in [0.2, 0.25) is 0 Å². The third-order valence-electron chi connectivity index (χ3n) is 2.31. The van der Waals surface area contributed by atoms with Crippen molar-refractivity contribution in [1.29, 1.82) is 0 Å². The van der Waals surface area contributed by atoms with Crippen LogP contribution in [0.5, 0.6) is 0 Å². The lowest BCUT2D eigenvalue weighted by atomic mass is 10.2. The van der Waals surface area contributed by atoms with E-state index in [1.807, 2.05) is 30.3 Å². The van der Waals surface area contributed by atoms with Crippen LogP contribution >= 0.6 is 11.3 Å². The predicted octanol–water partition coefficient (Wildman–Crippen LogP) is 2.58. The van der Waals surface area contributed by atoms with Gasteiger partial charge in [-0.15, -0.1) is 11.3 Å². The van der Waals surface area contributed by atoms with Gasteiger partial charge in [0.15, 0.2) is 9.99 Å². The fourth-order valence-corrected chi connectivity index (χ4v) is 3.21. The molecule has 16 heavy (non-hydrogen) atoms. The number of hydrogen-bond donors (Lipinski definition) is 0. The Hall–Kier alpha value is -1.33. The Labute approximate surface area is 98.6 Å². The highest BCUT2D eigenvalue weighted by Gasteiger charge is 2.08. The second kappa shape index (κ2) is 3.61. The van der Waals surface area contributed by atoms with Crippen molar-refractivity contribution in [2.24, 2.45) is 0 Å². The first kappa shape index (κ1) is 9.86. The Balaban J connectivity index is 2.38. The van der Waals surface area contributed by atoms with Crippen molar-refractivity contribution >= 4 is 43.4 Å². The first-order valence-corrected chi connectivity index (χ1v) is 7.11. The molecule has 3 rings (SSSR count). The van der Waals surface area contributed by atoms with Crippen LogP contribution in [0, 0.1) is 0 Å². The van der Waals surface area contributed by atoms with Gasteiger partial charge in [0.25, 0.3) is 0 Å². The summed E-state index contributed by atoms with van der Waals surface area (Å²) < 4.78 is 13.0. The quantitative estimate of drug-likeness (QED) is 0.664. The molecule has 80 valence electrons. The van der Waals surface area contributed by atoms with Gasteiger partial charge in [0, 0.05) is 11.6 Å². The topological polar surface area (TPSA) is 42.9 Å². The highest BCUT2D eigenvalue weighted by atomic mass is 32.2. The number of nitrogens with zero attached hydrogens (tertiary/aromatic N) is 2. The minimum Gasteiger partial charge on any atom is -0.252 e. The third kappa shape index (κ3) is 1.52. The third-order valence-corrected chi connectivity index (χ3v) is 4.63. The minimum absolute atomic E-state index is 0.637. The lowest BCUT2D eigenvalue weighted by Crippen LogP contribution is -1.85. The summed E-state index contributed by atoms with van der Waals surface area (Å²) in [5.74, 6) is 0. The van der Waals surface area contributed by atoms with E-state index in [1.165, 1.54) is 11.3 Å². The fourth-order valence-electron chi connectivity index (χ4n) is 1.57. The number of thiazole rings is 1. The summed E-state index contributed by atoms with van der Waals surface area (Å²) in [6.07, 6.45) is 1.64. The van der Waals surface area contributed by atoms with Gasteiger partial charge < -0.3 is 0 Å². The number of aromatic nitrogens is 2. The van der Waals surface area contributed by atoms with Gasteiger partial charge in [0.05, 0.1) is 21.0 Å². The van der Waals surface area contributed by atoms with Crippen LogP contribution < -0.4 is 0 Å². The van der Waals surface area contributed by atoms with Crippen molar-refractivity contribution in [2.45, 2.75) is 4.34 Å². The second-order valence-corrected chi connectivity index (χ2v) is 6.02. The summed E-state index contributed by atoms with van der Waals surface area (Å²) in [6, 6.07) is 9.95. The number of pyridine rings is 1. The summed E-state index contributed by atoms with van der Waals surface area (Å²) in [6.45, 7) is 0. The minimum atomic E-state index is -1.03. The largest absolute Gasteiger partial charge is 0.252 e. The first-order valence-electron chi connectivity index (χ1n) is 4.74. The number of hydrogen-bond acceptors (Lipinski definition) is 4. The Bertz CT molecular complexity index is 653. The zero-order valence-corrected chi connectivity index (χ0v) is 10.1. The average Bonchev–Trinajstić information content (AvgIpc) is 2.68. The number of fused-ring (bicyclic) bond motifs is 2. The molecule has 0 aliphatic heterocycles. The van der Waals surface area contributed by atoms with Crippen LogP contribution in [0.4, 0.5) is 0 Å². The van der Waals surface area contributed by atoms with E-state index < -0.39 is 10.8 Å². The Kier molecular flexibility index (Phi) is 2.22. The van der Waals surface area contributed by atoms with Gasteiger partial charge in [-0.25, -0.2) is 9.97 Å². The summed E-state index contributed by atoms with van der Waals surface area (Å²) in [7, 11) is -1.03. The zero-order chi connectivity index (χ0) is 11.1. The van der Waals surface area contributed by atoms with E-state index in [1.54, 1.807) is 6.26 Å². The maximum atomic E-state index is 11.3. The van der Waals surface area contributed by atoms with E-state index in [-0.39, 0.29) is 0 Å². The van der Waals surface area contributed by atoms with E-state index in [0.29, 0.717) is 9.99 Å². The molecular weight excluding hydrogens is 240 g/mol. The highest BCUT2D eigenvalue weighted by Crippen LogP contribution is 2.26. The molecule has 3 nitrogen and oxygen atoms in total. The maximum absolute atomic E-state index is 11.3. The molecule has 5 heteroatoms. The molecule has 1 atom stereocenters. The molecule has 0 spiro atoms. The standard InChI is InChI=1S/C11H8N2OS2/c1-16(14)11-13-10-9(15-11)6-7-4-2-3-5-8(7)12-10/h2-6H,1H3. The first-order chi connectivity index (χ1) is 7.74. The van der Waals surface area contributed by atoms with Crippen molar-refractivity contribution in [3.63, 3.8) is 0 Å². The molecule has 0 radical (unpaired) electrons. The lowest BCUT2D eigenvalue weighted by molar-refractivity contribution is 0.686. The number of para-hydroxylation sites is 1. The zero-order valence-electron chi connectivity index (χ0n) is 8.51. The summed E-state index contributed by atoms with van der Waals surface area (Å²) in [5.41, 5.74) is 1.61. The normalized spacial score (nSPS) is 13.3. The highest BCUT2D eigenvalue weighted by molar-refractivity contribution is 7.86. The van der Waals surface area contributed by atoms with E-state index in [2.05, 4.69) is 9.97 Å². The van der Waals surface area contributed by atoms with Crippen molar-refractivity contribution < 1.29 is 4.21 Å². The van der Waals surface area contributed by atoms with Crippen molar-refractivity contribution in [3.05, 3.63) is 30.3 Å². The summed E-state index contributed by atoms with van der Waals surface area (Å²) in [4.78, 5) is 8.72. The van der Waals surface area contributed by atoms with Gasteiger partial charge >= 0.3 is 0 Å². The molecule has 0 N–H and O–H groups in total. The number of rotatable bonds is 1. The SMILES string of the molecule is CS(=O)c1nc2nc3ccccc3cc2s1.